The highest BCUT2D eigenvalue weighted by Crippen LogP contribution is 2.32. The molecule has 2 atom stereocenters. The van der Waals surface area contributed by atoms with Crippen LogP contribution in [0.2, 0.25) is 0 Å². The molecule has 0 bridgehead atoms. The van der Waals surface area contributed by atoms with E-state index >= 15 is 0 Å². The molecule has 21 heavy (non-hydrogen) atoms. The zero-order valence-corrected chi connectivity index (χ0v) is 12.4. The highest BCUT2D eigenvalue weighted by molar-refractivity contribution is 5.81. The summed E-state index contributed by atoms with van der Waals surface area (Å²) in [7, 11) is 3.06. The van der Waals surface area contributed by atoms with Crippen LogP contribution < -0.4 is 15.0 Å². The summed E-state index contributed by atoms with van der Waals surface area (Å²) in [4.78, 5) is 18.5. The van der Waals surface area contributed by atoms with Crippen molar-refractivity contribution in [1.82, 2.24) is 9.97 Å². The normalized spacial score (nSPS) is 13.9. The van der Waals surface area contributed by atoms with Crippen LogP contribution >= 0.6 is 0 Å². The fourth-order valence-corrected chi connectivity index (χ4v) is 1.71. The van der Waals surface area contributed by atoms with E-state index in [2.05, 4.69) is 9.97 Å². The van der Waals surface area contributed by atoms with Gasteiger partial charge in [-0.25, -0.2) is 4.98 Å². The van der Waals surface area contributed by atoms with Crippen molar-refractivity contribution in [2.75, 3.05) is 14.2 Å². The van der Waals surface area contributed by atoms with E-state index in [1.165, 1.54) is 20.5 Å². The summed E-state index contributed by atoms with van der Waals surface area (Å²) in [5, 5.41) is 0.410. The Bertz CT molecular complexity index is 670. The Labute approximate surface area is 121 Å². The van der Waals surface area contributed by atoms with E-state index in [-0.39, 0.29) is 5.56 Å². The van der Waals surface area contributed by atoms with Crippen molar-refractivity contribution in [3.63, 3.8) is 0 Å². The molecule has 0 aliphatic rings. The van der Waals surface area contributed by atoms with Crippen molar-refractivity contribution in [1.29, 1.82) is 0 Å². The number of hydrogen-bond donors (Lipinski definition) is 1. The minimum atomic E-state index is -0.488. The fraction of sp³-hybridized carbons (Fsp3) is 0.429. The van der Waals surface area contributed by atoms with Gasteiger partial charge in [-0.15, -0.1) is 0 Å². The molecule has 1 heterocycles. The third-order valence-electron chi connectivity index (χ3n) is 2.96. The maximum Gasteiger partial charge on any atom is 0.258 e. The highest BCUT2D eigenvalue weighted by atomic mass is 16.7. The maximum atomic E-state index is 11.8. The highest BCUT2D eigenvalue weighted by Gasteiger charge is 2.15. The minimum absolute atomic E-state index is 0.249. The SMILES string of the molecule is COC(C)Oc1cc2nc[nH]c(=O)c2cc1OC(C)OC. The predicted molar refractivity (Wildman–Crippen MR) is 76.6 cm³/mol. The van der Waals surface area contributed by atoms with Gasteiger partial charge in [0.2, 0.25) is 0 Å². The standard InChI is InChI=1S/C14H18N2O5/c1-8(18-3)20-12-5-10-11(15-7-16-14(10)17)6-13(12)21-9(2)19-4/h5-9H,1-4H3,(H,15,16,17). The van der Waals surface area contributed by atoms with Gasteiger partial charge in [-0.3, -0.25) is 4.79 Å². The van der Waals surface area contributed by atoms with Crippen LogP contribution in [0.25, 0.3) is 10.9 Å². The van der Waals surface area contributed by atoms with Gasteiger partial charge < -0.3 is 23.9 Å². The maximum absolute atomic E-state index is 11.8. The third-order valence-corrected chi connectivity index (χ3v) is 2.96. The number of aromatic nitrogens is 2. The number of rotatable bonds is 6. The van der Waals surface area contributed by atoms with Crippen LogP contribution in [0, 0.1) is 0 Å². The molecular weight excluding hydrogens is 276 g/mol. The van der Waals surface area contributed by atoms with Gasteiger partial charge in [0.05, 0.1) is 17.2 Å². The summed E-state index contributed by atoms with van der Waals surface area (Å²) in [5.41, 5.74) is 0.260. The van der Waals surface area contributed by atoms with E-state index in [0.29, 0.717) is 22.4 Å². The Hall–Kier alpha value is -2.12. The number of H-pyrrole nitrogens is 1. The van der Waals surface area contributed by atoms with Crippen LogP contribution in [0.3, 0.4) is 0 Å². The summed E-state index contributed by atoms with van der Waals surface area (Å²) in [5.74, 6) is 0.818. The first kappa shape index (κ1) is 15.3. The van der Waals surface area contributed by atoms with Crippen molar-refractivity contribution in [2.45, 2.75) is 26.4 Å². The molecule has 0 saturated carbocycles. The molecule has 0 aliphatic carbocycles. The average Bonchev–Trinajstić information content (AvgIpc) is 2.48. The van der Waals surface area contributed by atoms with Gasteiger partial charge >= 0.3 is 0 Å². The predicted octanol–water partition coefficient (Wildman–Crippen LogP) is 1.67. The number of nitrogens with one attached hydrogen (secondary N) is 1. The Morgan fingerprint density at radius 1 is 1.05 bits per heavy atom. The third kappa shape index (κ3) is 3.50. The molecule has 2 rings (SSSR count). The molecule has 7 heteroatoms. The largest absolute Gasteiger partial charge is 0.461 e. The first-order chi connectivity index (χ1) is 10.0. The molecular formula is C14H18N2O5. The Morgan fingerprint density at radius 3 is 2.19 bits per heavy atom. The number of hydrogen-bond acceptors (Lipinski definition) is 6. The Morgan fingerprint density at radius 2 is 1.62 bits per heavy atom. The zero-order chi connectivity index (χ0) is 15.4. The number of benzene rings is 1. The molecule has 0 fully saturated rings. The van der Waals surface area contributed by atoms with Crippen LogP contribution in [0.4, 0.5) is 0 Å². The summed E-state index contributed by atoms with van der Waals surface area (Å²) in [6, 6.07) is 3.21. The summed E-state index contributed by atoms with van der Waals surface area (Å²) in [6.45, 7) is 3.49. The van der Waals surface area contributed by atoms with Gasteiger partial charge in [-0.2, -0.15) is 0 Å². The Kier molecular flexibility index (Phi) is 4.77. The quantitative estimate of drug-likeness (QED) is 0.816. The molecule has 0 amide bonds. The summed E-state index contributed by atoms with van der Waals surface area (Å²) in [6.07, 6.45) is 0.384. The van der Waals surface area contributed by atoms with Crippen molar-refractivity contribution in [2.24, 2.45) is 0 Å². The Balaban J connectivity index is 2.51. The summed E-state index contributed by atoms with van der Waals surface area (Å²) >= 11 is 0. The molecule has 0 saturated heterocycles. The lowest BCUT2D eigenvalue weighted by Gasteiger charge is -2.19. The van der Waals surface area contributed by atoms with E-state index in [9.17, 15) is 4.79 Å². The van der Waals surface area contributed by atoms with E-state index < -0.39 is 12.6 Å². The van der Waals surface area contributed by atoms with Crippen LogP contribution in [0.15, 0.2) is 23.3 Å². The van der Waals surface area contributed by atoms with Gasteiger partial charge in [0.1, 0.15) is 0 Å². The van der Waals surface area contributed by atoms with Gasteiger partial charge in [0.25, 0.3) is 5.56 Å². The molecule has 1 aromatic heterocycles. The number of methoxy groups -OCH3 is 2. The van der Waals surface area contributed by atoms with Gasteiger partial charge in [0.15, 0.2) is 24.1 Å². The molecule has 7 nitrogen and oxygen atoms in total. The second-order valence-electron chi connectivity index (χ2n) is 4.39. The van der Waals surface area contributed by atoms with E-state index in [0.717, 1.165) is 0 Å². The molecule has 0 spiro atoms. The number of fused-ring (bicyclic) bond motifs is 1. The van der Waals surface area contributed by atoms with Crippen LogP contribution in [-0.2, 0) is 9.47 Å². The average molecular weight is 294 g/mol. The lowest BCUT2D eigenvalue weighted by atomic mass is 10.2. The van der Waals surface area contributed by atoms with Crippen LogP contribution in [0.1, 0.15) is 13.8 Å². The topological polar surface area (TPSA) is 82.7 Å². The van der Waals surface area contributed by atoms with E-state index in [4.69, 9.17) is 18.9 Å². The van der Waals surface area contributed by atoms with Gasteiger partial charge in [0, 0.05) is 20.3 Å². The number of ether oxygens (including phenoxy) is 4. The molecule has 0 radical (unpaired) electrons. The smallest absolute Gasteiger partial charge is 0.258 e. The summed E-state index contributed by atoms with van der Waals surface area (Å²) < 4.78 is 21.4. The second-order valence-corrected chi connectivity index (χ2v) is 4.39. The molecule has 2 unspecified atom stereocenters. The van der Waals surface area contributed by atoms with E-state index in [1.807, 2.05) is 0 Å². The minimum Gasteiger partial charge on any atom is -0.461 e. The van der Waals surface area contributed by atoms with Gasteiger partial charge in [-0.1, -0.05) is 0 Å². The first-order valence-corrected chi connectivity index (χ1v) is 6.45. The molecule has 1 aromatic carbocycles. The second kappa shape index (κ2) is 6.55. The van der Waals surface area contributed by atoms with Crippen molar-refractivity contribution >= 4 is 10.9 Å². The van der Waals surface area contributed by atoms with Crippen molar-refractivity contribution in [3.05, 3.63) is 28.8 Å². The van der Waals surface area contributed by atoms with E-state index in [1.54, 1.807) is 26.0 Å². The van der Waals surface area contributed by atoms with Crippen LogP contribution in [-0.4, -0.2) is 36.8 Å². The molecule has 0 aliphatic heterocycles. The number of nitrogens with zero attached hydrogens (tertiary/aromatic N) is 1. The van der Waals surface area contributed by atoms with Gasteiger partial charge in [-0.05, 0) is 19.9 Å². The van der Waals surface area contributed by atoms with Crippen molar-refractivity contribution in [3.8, 4) is 11.5 Å². The monoisotopic (exact) mass is 294 g/mol. The molecule has 2 aromatic rings. The lowest BCUT2D eigenvalue weighted by Crippen LogP contribution is -2.18. The fourth-order valence-electron chi connectivity index (χ4n) is 1.71. The van der Waals surface area contributed by atoms with Crippen molar-refractivity contribution < 1.29 is 18.9 Å². The first-order valence-electron chi connectivity index (χ1n) is 6.45. The number of aromatic amines is 1. The van der Waals surface area contributed by atoms with Crippen LogP contribution in [0.5, 0.6) is 11.5 Å². The molecule has 1 N–H and O–H groups in total. The lowest BCUT2D eigenvalue weighted by molar-refractivity contribution is -0.0551. The molecule has 114 valence electrons. The zero-order valence-electron chi connectivity index (χ0n) is 12.4.